The fourth-order valence-corrected chi connectivity index (χ4v) is 3.35. The molecule has 0 unspecified atom stereocenters. The molecule has 1 saturated heterocycles. The second-order valence-corrected chi connectivity index (χ2v) is 6.37. The molecule has 2 aliphatic rings. The first kappa shape index (κ1) is 16.1. The summed E-state index contributed by atoms with van der Waals surface area (Å²) >= 11 is 11.9. The van der Waals surface area contributed by atoms with Gasteiger partial charge in [-0.1, -0.05) is 23.2 Å². The number of nitrogens with one attached hydrogen (secondary N) is 1. The highest BCUT2D eigenvalue weighted by Gasteiger charge is 2.50. The molecule has 25 heavy (non-hydrogen) atoms. The lowest BCUT2D eigenvalue weighted by Crippen LogP contribution is -2.34. The molecule has 0 spiro atoms. The van der Waals surface area contributed by atoms with E-state index in [-0.39, 0.29) is 11.3 Å². The van der Waals surface area contributed by atoms with E-state index in [2.05, 4.69) is 5.48 Å². The Morgan fingerprint density at radius 1 is 1.04 bits per heavy atom. The third-order valence-electron chi connectivity index (χ3n) is 3.93. The van der Waals surface area contributed by atoms with Crippen molar-refractivity contribution in [2.45, 2.75) is 6.10 Å². The zero-order valence-electron chi connectivity index (χ0n) is 12.4. The van der Waals surface area contributed by atoms with Crippen LogP contribution in [0.25, 0.3) is 5.70 Å². The van der Waals surface area contributed by atoms with Gasteiger partial charge in [0, 0.05) is 15.6 Å². The van der Waals surface area contributed by atoms with Crippen molar-refractivity contribution >= 4 is 46.4 Å². The van der Waals surface area contributed by atoms with Crippen molar-refractivity contribution in [1.29, 1.82) is 0 Å². The van der Waals surface area contributed by atoms with Crippen LogP contribution in [0.2, 0.25) is 10.0 Å². The van der Waals surface area contributed by atoms with E-state index in [0.29, 0.717) is 21.3 Å². The standard InChI is InChI=1S/C17H9Cl2FN2O3/c18-9-5-10(19)7-12(6-9)22-16(23)13-14(21-25-15(13)17(22)24)8-1-3-11(20)4-2-8/h1-7,15,21H/t15-/m0/s1. The van der Waals surface area contributed by atoms with Crippen LogP contribution in [0.4, 0.5) is 10.1 Å². The molecule has 0 aliphatic carbocycles. The van der Waals surface area contributed by atoms with E-state index in [4.69, 9.17) is 28.0 Å². The number of imide groups is 1. The average molecular weight is 379 g/mol. The van der Waals surface area contributed by atoms with Crippen molar-refractivity contribution in [2.24, 2.45) is 0 Å². The predicted molar refractivity (Wildman–Crippen MR) is 90.3 cm³/mol. The Bertz CT molecular complexity index is 923. The minimum Gasteiger partial charge on any atom is -0.270 e. The number of fused-ring (bicyclic) bond motifs is 1. The molecule has 1 atom stereocenters. The SMILES string of the molecule is O=C1C2=C(c3ccc(F)cc3)NO[C@@H]2C(=O)N1c1cc(Cl)cc(Cl)c1. The minimum atomic E-state index is -1.08. The van der Waals surface area contributed by atoms with Crippen LogP contribution in [0.5, 0.6) is 0 Å². The summed E-state index contributed by atoms with van der Waals surface area (Å²) in [6, 6.07) is 9.94. The number of hydrogen-bond acceptors (Lipinski definition) is 4. The Kier molecular flexibility index (Phi) is 3.76. The van der Waals surface area contributed by atoms with Crippen LogP contribution in [-0.2, 0) is 14.4 Å². The first-order chi connectivity index (χ1) is 12.0. The molecule has 2 aromatic carbocycles. The van der Waals surface area contributed by atoms with Gasteiger partial charge in [0.2, 0.25) is 0 Å². The van der Waals surface area contributed by atoms with E-state index >= 15 is 0 Å². The average Bonchev–Trinajstić information content (AvgIpc) is 3.08. The molecule has 1 N–H and O–H groups in total. The van der Waals surface area contributed by atoms with Gasteiger partial charge in [-0.25, -0.2) is 9.29 Å². The lowest BCUT2D eigenvalue weighted by Gasteiger charge is -2.16. The Hall–Kier alpha value is -2.41. The molecule has 2 aromatic rings. The molecular weight excluding hydrogens is 370 g/mol. The molecular formula is C17H9Cl2FN2O3. The van der Waals surface area contributed by atoms with Gasteiger partial charge in [-0.15, -0.1) is 0 Å². The van der Waals surface area contributed by atoms with Gasteiger partial charge < -0.3 is 0 Å². The smallest absolute Gasteiger partial charge is 0.270 e. The summed E-state index contributed by atoms with van der Waals surface area (Å²) in [4.78, 5) is 31.7. The number of carbonyl (C=O) groups excluding carboxylic acids is 2. The highest BCUT2D eigenvalue weighted by molar-refractivity contribution is 6.37. The maximum absolute atomic E-state index is 13.1. The van der Waals surface area contributed by atoms with Crippen molar-refractivity contribution in [2.75, 3.05) is 4.90 Å². The van der Waals surface area contributed by atoms with Gasteiger partial charge in [0.05, 0.1) is 17.0 Å². The van der Waals surface area contributed by atoms with E-state index < -0.39 is 23.7 Å². The summed E-state index contributed by atoms with van der Waals surface area (Å²) in [6.45, 7) is 0. The van der Waals surface area contributed by atoms with Crippen molar-refractivity contribution in [1.82, 2.24) is 5.48 Å². The molecule has 0 bridgehead atoms. The first-order valence-electron chi connectivity index (χ1n) is 7.22. The van der Waals surface area contributed by atoms with E-state index in [1.807, 2.05) is 0 Å². The number of nitrogens with zero attached hydrogens (tertiary/aromatic N) is 1. The van der Waals surface area contributed by atoms with E-state index in [0.717, 1.165) is 4.90 Å². The second kappa shape index (κ2) is 5.84. The lowest BCUT2D eigenvalue weighted by atomic mass is 10.0. The largest absolute Gasteiger partial charge is 0.270 e. The normalized spacial score (nSPS) is 19.5. The van der Waals surface area contributed by atoms with Crippen LogP contribution in [0.3, 0.4) is 0 Å². The van der Waals surface area contributed by atoms with Crippen molar-refractivity contribution < 1.29 is 18.8 Å². The fourth-order valence-electron chi connectivity index (χ4n) is 2.84. The van der Waals surface area contributed by atoms with Crippen molar-refractivity contribution in [3.63, 3.8) is 0 Å². The molecule has 0 saturated carbocycles. The number of benzene rings is 2. The van der Waals surface area contributed by atoms with Gasteiger partial charge in [-0.3, -0.25) is 19.9 Å². The Morgan fingerprint density at radius 3 is 2.32 bits per heavy atom. The number of carbonyl (C=O) groups is 2. The molecule has 0 radical (unpaired) electrons. The topological polar surface area (TPSA) is 58.6 Å². The maximum atomic E-state index is 13.1. The molecule has 4 rings (SSSR count). The van der Waals surface area contributed by atoms with Crippen molar-refractivity contribution in [3.8, 4) is 0 Å². The molecule has 5 nitrogen and oxygen atoms in total. The van der Waals surface area contributed by atoms with Crippen LogP contribution < -0.4 is 10.4 Å². The monoisotopic (exact) mass is 378 g/mol. The van der Waals surface area contributed by atoms with Crippen LogP contribution in [0, 0.1) is 5.82 Å². The van der Waals surface area contributed by atoms with Crippen molar-refractivity contribution in [3.05, 3.63) is 69.5 Å². The van der Waals surface area contributed by atoms with E-state index in [9.17, 15) is 14.0 Å². The summed E-state index contributed by atoms with van der Waals surface area (Å²) in [5.74, 6) is -1.51. The molecule has 0 aromatic heterocycles. The summed E-state index contributed by atoms with van der Waals surface area (Å²) < 4.78 is 13.1. The number of amides is 2. The highest BCUT2D eigenvalue weighted by Crippen LogP contribution is 2.37. The number of halogens is 3. The van der Waals surface area contributed by atoms with Gasteiger partial charge in [0.1, 0.15) is 5.82 Å². The van der Waals surface area contributed by atoms with E-state index in [1.165, 1.54) is 42.5 Å². The summed E-state index contributed by atoms with van der Waals surface area (Å²) in [5.41, 5.74) is 3.87. The fraction of sp³-hybridized carbons (Fsp3) is 0.0588. The lowest BCUT2D eigenvalue weighted by molar-refractivity contribution is -0.127. The van der Waals surface area contributed by atoms with Crippen LogP contribution in [-0.4, -0.2) is 17.9 Å². The zero-order chi connectivity index (χ0) is 17.7. The Morgan fingerprint density at radius 2 is 1.68 bits per heavy atom. The molecule has 2 aliphatic heterocycles. The van der Waals surface area contributed by atoms with Crippen LogP contribution in [0.15, 0.2) is 48.0 Å². The van der Waals surface area contributed by atoms with E-state index in [1.54, 1.807) is 0 Å². The maximum Gasteiger partial charge on any atom is 0.270 e. The van der Waals surface area contributed by atoms with Gasteiger partial charge in [0.15, 0.2) is 6.10 Å². The highest BCUT2D eigenvalue weighted by atomic mass is 35.5. The molecule has 126 valence electrons. The van der Waals surface area contributed by atoms with Crippen LogP contribution >= 0.6 is 23.2 Å². The summed E-state index contributed by atoms with van der Waals surface area (Å²) in [5, 5.41) is 0.596. The number of rotatable bonds is 2. The zero-order valence-corrected chi connectivity index (χ0v) is 13.9. The third-order valence-corrected chi connectivity index (χ3v) is 4.36. The van der Waals surface area contributed by atoms with Gasteiger partial charge >= 0.3 is 0 Å². The number of hydroxylamine groups is 1. The Labute approximate surface area is 151 Å². The minimum absolute atomic E-state index is 0.160. The quantitative estimate of drug-likeness (QED) is 0.814. The molecule has 2 amide bonds. The second-order valence-electron chi connectivity index (χ2n) is 5.50. The number of anilines is 1. The van der Waals surface area contributed by atoms with Gasteiger partial charge in [-0.2, -0.15) is 0 Å². The predicted octanol–water partition coefficient (Wildman–Crippen LogP) is 3.32. The third kappa shape index (κ3) is 2.59. The summed E-state index contributed by atoms with van der Waals surface area (Å²) in [6.07, 6.45) is -1.08. The van der Waals surface area contributed by atoms with Crippen LogP contribution in [0.1, 0.15) is 5.56 Å². The first-order valence-corrected chi connectivity index (χ1v) is 7.97. The summed E-state index contributed by atoms with van der Waals surface area (Å²) in [7, 11) is 0. The molecule has 1 fully saturated rings. The molecule has 2 heterocycles. The number of hydrogen-bond donors (Lipinski definition) is 1. The van der Waals surface area contributed by atoms with Gasteiger partial charge in [0.25, 0.3) is 11.8 Å². The Balaban J connectivity index is 1.80. The van der Waals surface area contributed by atoms with Gasteiger partial charge in [-0.05, 0) is 42.5 Å². The molecule has 8 heteroatoms.